The molecule has 1 unspecified atom stereocenters. The van der Waals surface area contributed by atoms with Crippen molar-refractivity contribution in [2.75, 3.05) is 5.32 Å². The van der Waals surface area contributed by atoms with Crippen LogP contribution in [-0.4, -0.2) is 25.8 Å². The van der Waals surface area contributed by atoms with E-state index in [-0.39, 0.29) is 0 Å². The number of aromatic nitrogens is 3. The van der Waals surface area contributed by atoms with E-state index in [0.29, 0.717) is 17.1 Å². The monoisotopic (exact) mass is 294 g/mol. The van der Waals surface area contributed by atoms with Crippen molar-refractivity contribution in [3.8, 4) is 5.82 Å². The minimum Gasteiger partial charge on any atom is -0.378 e. The van der Waals surface area contributed by atoms with E-state index in [1.54, 1.807) is 65.7 Å². The molecule has 22 heavy (non-hydrogen) atoms. The van der Waals surface area contributed by atoms with E-state index in [9.17, 15) is 9.90 Å². The van der Waals surface area contributed by atoms with Gasteiger partial charge in [-0.2, -0.15) is 5.10 Å². The molecule has 0 aliphatic heterocycles. The SMILES string of the molecule is O=C(Nc1cccnc1-n1cccn1)C(O)c1ccccc1. The van der Waals surface area contributed by atoms with E-state index >= 15 is 0 Å². The van der Waals surface area contributed by atoms with Gasteiger partial charge in [0.25, 0.3) is 5.91 Å². The molecule has 110 valence electrons. The van der Waals surface area contributed by atoms with Crippen molar-refractivity contribution in [1.29, 1.82) is 0 Å². The van der Waals surface area contributed by atoms with Crippen LogP contribution in [0.15, 0.2) is 67.1 Å². The molecule has 0 aliphatic rings. The molecule has 0 saturated carbocycles. The number of hydrogen-bond donors (Lipinski definition) is 2. The van der Waals surface area contributed by atoms with Gasteiger partial charge in [0, 0.05) is 18.6 Å². The van der Waals surface area contributed by atoms with Gasteiger partial charge in [0.2, 0.25) is 0 Å². The van der Waals surface area contributed by atoms with Gasteiger partial charge < -0.3 is 10.4 Å². The number of carbonyl (C=O) groups excluding carboxylic acids is 1. The third kappa shape index (κ3) is 2.87. The predicted molar refractivity (Wildman–Crippen MR) is 81.4 cm³/mol. The van der Waals surface area contributed by atoms with Crippen molar-refractivity contribution >= 4 is 11.6 Å². The number of carbonyl (C=O) groups is 1. The second-order valence-corrected chi connectivity index (χ2v) is 4.63. The van der Waals surface area contributed by atoms with E-state index in [4.69, 9.17) is 0 Å². The Bertz CT molecular complexity index is 757. The van der Waals surface area contributed by atoms with Crippen LogP contribution in [-0.2, 0) is 4.79 Å². The smallest absolute Gasteiger partial charge is 0.257 e. The van der Waals surface area contributed by atoms with Gasteiger partial charge in [-0.05, 0) is 23.8 Å². The van der Waals surface area contributed by atoms with Gasteiger partial charge in [0.15, 0.2) is 11.9 Å². The van der Waals surface area contributed by atoms with E-state index in [2.05, 4.69) is 15.4 Å². The number of nitrogens with zero attached hydrogens (tertiary/aromatic N) is 3. The second-order valence-electron chi connectivity index (χ2n) is 4.63. The summed E-state index contributed by atoms with van der Waals surface area (Å²) in [5, 5.41) is 16.9. The zero-order valence-electron chi connectivity index (χ0n) is 11.6. The average Bonchev–Trinajstić information content (AvgIpc) is 3.10. The molecule has 3 aromatic rings. The highest BCUT2D eigenvalue weighted by Gasteiger charge is 2.18. The van der Waals surface area contributed by atoms with Gasteiger partial charge in [0.05, 0.1) is 5.69 Å². The highest BCUT2D eigenvalue weighted by molar-refractivity contribution is 5.95. The molecule has 2 aromatic heterocycles. The Morgan fingerprint density at radius 2 is 1.91 bits per heavy atom. The van der Waals surface area contributed by atoms with Crippen molar-refractivity contribution in [3.05, 3.63) is 72.7 Å². The Kier molecular flexibility index (Phi) is 3.93. The zero-order valence-corrected chi connectivity index (χ0v) is 11.6. The topological polar surface area (TPSA) is 80.0 Å². The molecule has 6 nitrogen and oxygen atoms in total. The Morgan fingerprint density at radius 1 is 1.09 bits per heavy atom. The number of pyridine rings is 1. The number of benzene rings is 1. The molecule has 0 spiro atoms. The third-order valence-electron chi connectivity index (χ3n) is 3.13. The molecule has 6 heteroatoms. The fraction of sp³-hybridized carbons (Fsp3) is 0.0625. The summed E-state index contributed by atoms with van der Waals surface area (Å²) in [5.41, 5.74) is 1.01. The quantitative estimate of drug-likeness (QED) is 0.770. The van der Waals surface area contributed by atoms with Crippen LogP contribution in [0.2, 0.25) is 0 Å². The first-order valence-electron chi connectivity index (χ1n) is 6.74. The Hall–Kier alpha value is -2.99. The van der Waals surface area contributed by atoms with Crippen LogP contribution in [0.3, 0.4) is 0 Å². The number of amides is 1. The van der Waals surface area contributed by atoms with Crippen LogP contribution < -0.4 is 5.32 Å². The number of aliphatic hydroxyl groups is 1. The molecule has 2 N–H and O–H groups in total. The minimum absolute atomic E-state index is 0.478. The Morgan fingerprint density at radius 3 is 2.64 bits per heavy atom. The standard InChI is InChI=1S/C16H14N4O2/c21-14(12-6-2-1-3-7-12)16(22)19-13-8-4-9-17-15(13)20-11-5-10-18-20/h1-11,14,21H,(H,19,22). The summed E-state index contributed by atoms with van der Waals surface area (Å²) in [6.07, 6.45) is 3.72. The second kappa shape index (κ2) is 6.19. The summed E-state index contributed by atoms with van der Waals surface area (Å²) < 4.78 is 1.55. The highest BCUT2D eigenvalue weighted by Crippen LogP contribution is 2.19. The van der Waals surface area contributed by atoms with Gasteiger partial charge >= 0.3 is 0 Å². The fourth-order valence-electron chi connectivity index (χ4n) is 2.06. The normalized spacial score (nSPS) is 11.9. The van der Waals surface area contributed by atoms with Crippen LogP contribution in [0, 0.1) is 0 Å². The molecule has 0 aliphatic carbocycles. The first-order chi connectivity index (χ1) is 10.8. The summed E-state index contributed by atoms with van der Waals surface area (Å²) in [6, 6.07) is 13.9. The van der Waals surface area contributed by atoms with Crippen LogP contribution in [0.25, 0.3) is 5.82 Å². The lowest BCUT2D eigenvalue weighted by Gasteiger charge is -2.13. The maximum atomic E-state index is 12.2. The first kappa shape index (κ1) is 14.0. The number of rotatable bonds is 4. The van der Waals surface area contributed by atoms with Gasteiger partial charge in [-0.25, -0.2) is 9.67 Å². The predicted octanol–water partition coefficient (Wildman–Crippen LogP) is 1.94. The summed E-state index contributed by atoms with van der Waals surface area (Å²) >= 11 is 0. The maximum absolute atomic E-state index is 12.2. The zero-order chi connectivity index (χ0) is 15.4. The van der Waals surface area contributed by atoms with Crippen LogP contribution >= 0.6 is 0 Å². The highest BCUT2D eigenvalue weighted by atomic mass is 16.3. The molecule has 1 aromatic carbocycles. The van der Waals surface area contributed by atoms with Gasteiger partial charge in [-0.3, -0.25) is 4.79 Å². The number of anilines is 1. The number of nitrogens with one attached hydrogen (secondary N) is 1. The van der Waals surface area contributed by atoms with Crippen molar-refractivity contribution in [2.45, 2.75) is 6.10 Å². The molecular weight excluding hydrogens is 280 g/mol. The number of aliphatic hydroxyl groups excluding tert-OH is 1. The lowest BCUT2D eigenvalue weighted by molar-refractivity contribution is -0.124. The molecule has 0 fully saturated rings. The molecule has 1 amide bonds. The summed E-state index contributed by atoms with van der Waals surface area (Å²) in [7, 11) is 0. The summed E-state index contributed by atoms with van der Waals surface area (Å²) in [4.78, 5) is 16.4. The molecule has 0 bridgehead atoms. The van der Waals surface area contributed by atoms with Crippen molar-refractivity contribution in [3.63, 3.8) is 0 Å². The van der Waals surface area contributed by atoms with Crippen molar-refractivity contribution in [1.82, 2.24) is 14.8 Å². The lowest BCUT2D eigenvalue weighted by Crippen LogP contribution is -2.22. The lowest BCUT2D eigenvalue weighted by atomic mass is 10.1. The Balaban J connectivity index is 1.83. The maximum Gasteiger partial charge on any atom is 0.257 e. The Labute approximate surface area is 127 Å². The molecule has 1 atom stereocenters. The molecule has 2 heterocycles. The largest absolute Gasteiger partial charge is 0.378 e. The van der Waals surface area contributed by atoms with Gasteiger partial charge in [-0.1, -0.05) is 30.3 Å². The third-order valence-corrected chi connectivity index (χ3v) is 3.13. The van der Waals surface area contributed by atoms with Gasteiger partial charge in [0.1, 0.15) is 0 Å². The molecule has 3 rings (SSSR count). The fourth-order valence-corrected chi connectivity index (χ4v) is 2.06. The van der Waals surface area contributed by atoms with Crippen LogP contribution in [0.5, 0.6) is 0 Å². The number of hydrogen-bond acceptors (Lipinski definition) is 4. The van der Waals surface area contributed by atoms with Crippen molar-refractivity contribution < 1.29 is 9.90 Å². The average molecular weight is 294 g/mol. The minimum atomic E-state index is -1.24. The van der Waals surface area contributed by atoms with Crippen LogP contribution in [0.4, 0.5) is 5.69 Å². The van der Waals surface area contributed by atoms with Gasteiger partial charge in [-0.15, -0.1) is 0 Å². The van der Waals surface area contributed by atoms with E-state index in [0.717, 1.165) is 0 Å². The molecular formula is C16H14N4O2. The van der Waals surface area contributed by atoms with Crippen LogP contribution in [0.1, 0.15) is 11.7 Å². The summed E-state index contributed by atoms with van der Waals surface area (Å²) in [5.74, 6) is -0.0336. The van der Waals surface area contributed by atoms with E-state index in [1.165, 1.54) is 0 Å². The first-order valence-corrected chi connectivity index (χ1v) is 6.74. The summed E-state index contributed by atoms with van der Waals surface area (Å²) in [6.45, 7) is 0. The van der Waals surface area contributed by atoms with E-state index < -0.39 is 12.0 Å². The molecule has 0 radical (unpaired) electrons. The van der Waals surface area contributed by atoms with E-state index in [1.807, 2.05) is 6.07 Å². The molecule has 0 saturated heterocycles. The van der Waals surface area contributed by atoms with Crippen molar-refractivity contribution in [2.24, 2.45) is 0 Å².